The van der Waals surface area contributed by atoms with Gasteiger partial charge in [-0.15, -0.1) is 0 Å². The molecule has 4 aliphatic carbocycles. The topological polar surface area (TPSA) is 30.9 Å². The number of hydrogen-bond donors (Lipinski definition) is 0. The van der Waals surface area contributed by atoms with Crippen LogP contribution in [-0.2, 0) is 14.2 Å². The van der Waals surface area contributed by atoms with E-state index in [1.165, 1.54) is 141 Å². The van der Waals surface area contributed by atoms with Crippen molar-refractivity contribution in [2.75, 3.05) is 47.1 Å². The van der Waals surface area contributed by atoms with Crippen LogP contribution in [0.4, 0.5) is 0 Å². The summed E-state index contributed by atoms with van der Waals surface area (Å²) in [5, 5.41) is 0. The maximum absolute atomic E-state index is 6.57. The molecular formula is C54H97NO3. The number of hydrogen-bond acceptors (Lipinski definition) is 4. The minimum absolute atomic E-state index is 0.317. The third-order valence-electron chi connectivity index (χ3n) is 16.1. The Hall–Kier alpha value is -0.940. The van der Waals surface area contributed by atoms with Crippen LogP contribution >= 0.6 is 0 Å². The Bertz CT molecular complexity index is 1170. The van der Waals surface area contributed by atoms with Crippen LogP contribution in [0, 0.1) is 46.3 Å². The van der Waals surface area contributed by atoms with E-state index in [2.05, 4.69) is 90.9 Å². The molecule has 4 rings (SSSR count). The lowest BCUT2D eigenvalue weighted by Crippen LogP contribution is -2.51. The number of allylic oxidation sites excluding steroid dienone is 5. The molecule has 9 atom stereocenters. The fourth-order valence-electron chi connectivity index (χ4n) is 12.3. The van der Waals surface area contributed by atoms with E-state index in [-0.39, 0.29) is 0 Å². The summed E-state index contributed by atoms with van der Waals surface area (Å²) in [5.41, 5.74) is 2.75. The second-order valence-corrected chi connectivity index (χ2v) is 21.1. The van der Waals surface area contributed by atoms with Crippen LogP contribution in [0.3, 0.4) is 0 Å². The summed E-state index contributed by atoms with van der Waals surface area (Å²) in [6.07, 6.45) is 45.3. The molecule has 0 saturated heterocycles. The Morgan fingerprint density at radius 3 is 2.05 bits per heavy atom. The number of ether oxygens (including phenoxy) is 3. The highest BCUT2D eigenvalue weighted by Crippen LogP contribution is 2.67. The maximum atomic E-state index is 6.57. The summed E-state index contributed by atoms with van der Waals surface area (Å²) >= 11 is 0. The van der Waals surface area contributed by atoms with Crippen molar-refractivity contribution in [3.8, 4) is 0 Å². The van der Waals surface area contributed by atoms with Crippen LogP contribution < -0.4 is 0 Å². The molecule has 3 saturated carbocycles. The van der Waals surface area contributed by atoms with E-state index < -0.39 is 0 Å². The van der Waals surface area contributed by atoms with E-state index in [0.29, 0.717) is 23.0 Å². The molecule has 0 amide bonds. The zero-order valence-corrected chi connectivity index (χ0v) is 39.9. The van der Waals surface area contributed by atoms with E-state index in [1.54, 1.807) is 5.57 Å². The van der Waals surface area contributed by atoms with Crippen molar-refractivity contribution in [1.82, 2.24) is 4.90 Å². The Morgan fingerprint density at radius 1 is 0.707 bits per heavy atom. The van der Waals surface area contributed by atoms with Crippen LogP contribution in [0.15, 0.2) is 36.0 Å². The third-order valence-corrected chi connectivity index (χ3v) is 16.1. The molecule has 0 radical (unpaired) electrons. The lowest BCUT2D eigenvalue weighted by molar-refractivity contribution is -0.0643. The standard InChI is InChI=1S/C54H97NO3/c1-9-10-11-12-13-14-15-16-17-18-19-20-21-22-23-24-38-56-42-47(55(7)8)43-57-39-25-26-40-58-48-34-36-53(5)46(41-48)30-31-49-51-33-32-50(45(4)29-27-28-44(2)3)54(51,6)37-35-52(49)53/h13-14,16-17,30,44-45,47-52H,9-12,15,18-29,31-43H2,1-8H3/b14-13-,17-16-/t45-,47-,48+,49?,50-,51?,52?,53+,54-/m1/s1. The van der Waals surface area contributed by atoms with Crippen molar-refractivity contribution in [1.29, 1.82) is 0 Å². The minimum Gasteiger partial charge on any atom is -0.380 e. The summed E-state index contributed by atoms with van der Waals surface area (Å²) in [6.45, 7) is 19.1. The summed E-state index contributed by atoms with van der Waals surface area (Å²) in [4.78, 5) is 2.26. The van der Waals surface area contributed by atoms with Gasteiger partial charge in [-0.1, -0.05) is 135 Å². The lowest BCUT2D eigenvalue weighted by atomic mass is 9.47. The average molecular weight is 808 g/mol. The third kappa shape index (κ3) is 15.8. The number of unbranched alkanes of at least 4 members (excludes halogenated alkanes) is 10. The molecule has 0 bridgehead atoms. The zero-order chi connectivity index (χ0) is 41.6. The summed E-state index contributed by atoms with van der Waals surface area (Å²) in [6, 6.07) is 0.317. The van der Waals surface area contributed by atoms with Crippen molar-refractivity contribution in [2.24, 2.45) is 46.3 Å². The van der Waals surface area contributed by atoms with E-state index in [0.717, 1.165) is 87.8 Å². The number of rotatable bonds is 31. The molecule has 0 heterocycles. The van der Waals surface area contributed by atoms with Gasteiger partial charge in [-0.2, -0.15) is 0 Å². The molecule has 0 aliphatic heterocycles. The fraction of sp³-hybridized carbons (Fsp3) is 0.889. The molecule has 0 aromatic rings. The molecule has 0 N–H and O–H groups in total. The molecule has 3 unspecified atom stereocenters. The van der Waals surface area contributed by atoms with Gasteiger partial charge in [0.25, 0.3) is 0 Å². The molecule has 336 valence electrons. The Balaban J connectivity index is 1.01. The van der Waals surface area contributed by atoms with Gasteiger partial charge in [0.05, 0.1) is 25.4 Å². The monoisotopic (exact) mass is 808 g/mol. The van der Waals surface area contributed by atoms with Crippen molar-refractivity contribution >= 4 is 0 Å². The molecule has 4 nitrogen and oxygen atoms in total. The minimum atomic E-state index is 0.317. The highest BCUT2D eigenvalue weighted by Gasteiger charge is 2.59. The smallest absolute Gasteiger partial charge is 0.0644 e. The maximum Gasteiger partial charge on any atom is 0.0644 e. The Kier molecular flexibility index (Phi) is 23.3. The number of nitrogens with zero attached hydrogens (tertiary/aromatic N) is 1. The van der Waals surface area contributed by atoms with Gasteiger partial charge in [0.2, 0.25) is 0 Å². The van der Waals surface area contributed by atoms with E-state index in [1.807, 2.05) is 0 Å². The predicted octanol–water partition coefficient (Wildman–Crippen LogP) is 15.0. The largest absolute Gasteiger partial charge is 0.380 e. The Morgan fingerprint density at radius 2 is 1.36 bits per heavy atom. The number of likely N-dealkylation sites (N-methyl/N-ethyl adjacent to an activating group) is 1. The van der Waals surface area contributed by atoms with Gasteiger partial charge in [-0.05, 0) is 163 Å². The second-order valence-electron chi connectivity index (χ2n) is 21.1. The van der Waals surface area contributed by atoms with E-state index >= 15 is 0 Å². The molecule has 0 aromatic carbocycles. The first-order valence-electron chi connectivity index (χ1n) is 25.5. The molecule has 0 spiro atoms. The van der Waals surface area contributed by atoms with Crippen LogP contribution in [0.2, 0.25) is 0 Å². The van der Waals surface area contributed by atoms with Gasteiger partial charge in [0, 0.05) is 19.8 Å². The van der Waals surface area contributed by atoms with Gasteiger partial charge in [0.1, 0.15) is 0 Å². The summed E-state index contributed by atoms with van der Waals surface area (Å²) in [7, 11) is 4.30. The van der Waals surface area contributed by atoms with Gasteiger partial charge in [-0.3, -0.25) is 0 Å². The molecule has 4 aliphatic rings. The Labute approximate surface area is 361 Å². The second kappa shape index (κ2) is 27.2. The van der Waals surface area contributed by atoms with Crippen molar-refractivity contribution < 1.29 is 14.2 Å². The first kappa shape index (κ1) is 49.7. The highest BCUT2D eigenvalue weighted by molar-refractivity contribution is 5.25. The van der Waals surface area contributed by atoms with Gasteiger partial charge in [-0.25, -0.2) is 0 Å². The summed E-state index contributed by atoms with van der Waals surface area (Å²) in [5.74, 6) is 5.44. The average Bonchev–Trinajstić information content (AvgIpc) is 3.56. The molecule has 0 aromatic heterocycles. The summed E-state index contributed by atoms with van der Waals surface area (Å²) < 4.78 is 18.8. The van der Waals surface area contributed by atoms with Crippen molar-refractivity contribution in [2.45, 2.75) is 214 Å². The van der Waals surface area contributed by atoms with Gasteiger partial charge in [0.15, 0.2) is 0 Å². The van der Waals surface area contributed by atoms with Crippen LogP contribution in [-0.4, -0.2) is 64.2 Å². The molecular weight excluding hydrogens is 711 g/mol. The van der Waals surface area contributed by atoms with Crippen LogP contribution in [0.25, 0.3) is 0 Å². The zero-order valence-electron chi connectivity index (χ0n) is 39.9. The predicted molar refractivity (Wildman–Crippen MR) is 250 cm³/mol. The molecule has 58 heavy (non-hydrogen) atoms. The lowest BCUT2D eigenvalue weighted by Gasteiger charge is -2.58. The SMILES string of the molecule is CCCCC/C=C\C/C=C\CCCCCCCCOC[C@H](COCCCCO[C@H]1CC[C@@]2(C)C(=CCC3C2CC[C@@]2(C)C3CC[C@@H]2[C@H](C)CCCC(C)C)C1)N(C)C. The first-order chi connectivity index (χ1) is 28.1. The number of fused-ring (bicyclic) bond motifs is 5. The van der Waals surface area contributed by atoms with Gasteiger partial charge >= 0.3 is 0 Å². The highest BCUT2D eigenvalue weighted by atomic mass is 16.5. The van der Waals surface area contributed by atoms with Crippen molar-refractivity contribution in [3.05, 3.63) is 36.0 Å². The van der Waals surface area contributed by atoms with E-state index in [4.69, 9.17) is 14.2 Å². The van der Waals surface area contributed by atoms with Crippen LogP contribution in [0.1, 0.15) is 202 Å². The first-order valence-corrected chi connectivity index (χ1v) is 25.5. The van der Waals surface area contributed by atoms with Crippen LogP contribution in [0.5, 0.6) is 0 Å². The molecule has 3 fully saturated rings. The van der Waals surface area contributed by atoms with Gasteiger partial charge < -0.3 is 19.1 Å². The van der Waals surface area contributed by atoms with Crippen molar-refractivity contribution in [3.63, 3.8) is 0 Å². The normalized spacial score (nSPS) is 29.6. The van der Waals surface area contributed by atoms with E-state index in [9.17, 15) is 0 Å². The quantitative estimate of drug-likeness (QED) is 0.0516. The molecule has 4 heteroatoms. The fourth-order valence-corrected chi connectivity index (χ4v) is 12.3.